The number of thiazole rings is 1. The Labute approximate surface area is 116 Å². The normalized spacial score (nSPS) is 10.2. The SMILES string of the molecule is CCCNC(=O)c1cccc(NCc2cscn2)c1. The van der Waals surface area contributed by atoms with Crippen LogP contribution in [-0.4, -0.2) is 17.4 Å². The molecule has 0 saturated heterocycles. The van der Waals surface area contributed by atoms with Crippen molar-refractivity contribution in [2.24, 2.45) is 0 Å². The second-order valence-corrected chi connectivity index (χ2v) is 4.89. The van der Waals surface area contributed by atoms with Gasteiger partial charge < -0.3 is 10.6 Å². The zero-order valence-electron chi connectivity index (χ0n) is 10.8. The van der Waals surface area contributed by atoms with E-state index < -0.39 is 0 Å². The number of nitrogens with zero attached hydrogens (tertiary/aromatic N) is 1. The maximum Gasteiger partial charge on any atom is 0.251 e. The van der Waals surface area contributed by atoms with Gasteiger partial charge in [-0.25, -0.2) is 4.98 Å². The maximum atomic E-state index is 11.8. The Morgan fingerprint density at radius 2 is 2.32 bits per heavy atom. The number of anilines is 1. The summed E-state index contributed by atoms with van der Waals surface area (Å²) >= 11 is 1.58. The van der Waals surface area contributed by atoms with Crippen LogP contribution in [-0.2, 0) is 6.54 Å². The molecule has 1 amide bonds. The standard InChI is InChI=1S/C14H17N3OS/c1-2-6-15-14(18)11-4-3-5-12(7-11)16-8-13-9-19-10-17-13/h3-5,7,9-10,16H,2,6,8H2,1H3,(H,15,18). The Morgan fingerprint density at radius 3 is 3.05 bits per heavy atom. The van der Waals surface area contributed by atoms with E-state index in [0.717, 1.165) is 17.8 Å². The van der Waals surface area contributed by atoms with Gasteiger partial charge in [0.05, 0.1) is 17.7 Å². The van der Waals surface area contributed by atoms with Gasteiger partial charge in [0, 0.05) is 23.2 Å². The van der Waals surface area contributed by atoms with Gasteiger partial charge in [-0.3, -0.25) is 4.79 Å². The van der Waals surface area contributed by atoms with E-state index in [-0.39, 0.29) is 5.91 Å². The van der Waals surface area contributed by atoms with E-state index in [2.05, 4.69) is 15.6 Å². The molecular weight excluding hydrogens is 258 g/mol. The number of carbonyl (C=O) groups is 1. The van der Waals surface area contributed by atoms with Crippen LogP contribution in [0.25, 0.3) is 0 Å². The lowest BCUT2D eigenvalue weighted by Crippen LogP contribution is -2.23. The van der Waals surface area contributed by atoms with Crippen LogP contribution in [0, 0.1) is 0 Å². The summed E-state index contributed by atoms with van der Waals surface area (Å²) in [6, 6.07) is 7.50. The van der Waals surface area contributed by atoms with Gasteiger partial charge in [-0.2, -0.15) is 0 Å². The highest BCUT2D eigenvalue weighted by Crippen LogP contribution is 2.12. The van der Waals surface area contributed by atoms with E-state index in [9.17, 15) is 4.79 Å². The van der Waals surface area contributed by atoms with Crippen molar-refractivity contribution in [3.05, 3.63) is 46.4 Å². The van der Waals surface area contributed by atoms with Gasteiger partial charge >= 0.3 is 0 Å². The minimum Gasteiger partial charge on any atom is -0.379 e. The first kappa shape index (κ1) is 13.5. The molecular formula is C14H17N3OS. The first-order chi connectivity index (χ1) is 9.29. The number of hydrogen-bond acceptors (Lipinski definition) is 4. The van der Waals surface area contributed by atoms with Crippen LogP contribution in [0.3, 0.4) is 0 Å². The minimum absolute atomic E-state index is 0.0286. The van der Waals surface area contributed by atoms with E-state index in [0.29, 0.717) is 18.7 Å². The van der Waals surface area contributed by atoms with Crippen LogP contribution < -0.4 is 10.6 Å². The van der Waals surface area contributed by atoms with E-state index in [1.807, 2.05) is 42.1 Å². The van der Waals surface area contributed by atoms with E-state index >= 15 is 0 Å². The molecule has 1 aromatic heterocycles. The van der Waals surface area contributed by atoms with Gasteiger partial charge in [0.1, 0.15) is 0 Å². The molecule has 2 aromatic rings. The molecule has 0 bridgehead atoms. The fourth-order valence-corrected chi connectivity index (χ4v) is 2.19. The predicted molar refractivity (Wildman–Crippen MR) is 78.5 cm³/mol. The molecule has 1 aromatic carbocycles. The Hall–Kier alpha value is -1.88. The lowest BCUT2D eigenvalue weighted by molar-refractivity contribution is 0.0953. The van der Waals surface area contributed by atoms with Crippen molar-refractivity contribution >= 4 is 22.9 Å². The first-order valence-corrected chi connectivity index (χ1v) is 7.23. The van der Waals surface area contributed by atoms with Gasteiger partial charge in [0.25, 0.3) is 5.91 Å². The molecule has 0 spiro atoms. The second kappa shape index (κ2) is 6.89. The number of benzene rings is 1. The quantitative estimate of drug-likeness (QED) is 0.852. The summed E-state index contributed by atoms with van der Waals surface area (Å²) in [7, 11) is 0. The molecule has 100 valence electrons. The zero-order chi connectivity index (χ0) is 13.5. The van der Waals surface area contributed by atoms with Crippen molar-refractivity contribution < 1.29 is 4.79 Å². The lowest BCUT2D eigenvalue weighted by Gasteiger charge is -2.07. The van der Waals surface area contributed by atoms with E-state index in [1.165, 1.54) is 0 Å². The molecule has 4 nitrogen and oxygen atoms in total. The molecule has 0 aliphatic carbocycles. The van der Waals surface area contributed by atoms with E-state index in [1.54, 1.807) is 11.3 Å². The molecule has 5 heteroatoms. The topological polar surface area (TPSA) is 54.0 Å². The van der Waals surface area contributed by atoms with Crippen LogP contribution >= 0.6 is 11.3 Å². The van der Waals surface area contributed by atoms with Crippen LogP contribution in [0.2, 0.25) is 0 Å². The van der Waals surface area contributed by atoms with Crippen LogP contribution in [0.5, 0.6) is 0 Å². The third kappa shape index (κ3) is 4.06. The van der Waals surface area contributed by atoms with Gasteiger partial charge in [-0.1, -0.05) is 13.0 Å². The summed E-state index contributed by atoms with van der Waals surface area (Å²) in [6.45, 7) is 3.41. The van der Waals surface area contributed by atoms with Gasteiger partial charge in [0.15, 0.2) is 0 Å². The summed E-state index contributed by atoms with van der Waals surface area (Å²) in [6.07, 6.45) is 0.938. The summed E-state index contributed by atoms with van der Waals surface area (Å²) in [4.78, 5) is 16.0. The summed E-state index contributed by atoms with van der Waals surface area (Å²) in [5.74, 6) is -0.0286. The van der Waals surface area contributed by atoms with Gasteiger partial charge in [-0.15, -0.1) is 11.3 Å². The third-order valence-electron chi connectivity index (χ3n) is 2.62. The molecule has 0 aliphatic rings. The summed E-state index contributed by atoms with van der Waals surface area (Å²) < 4.78 is 0. The maximum absolute atomic E-state index is 11.8. The fraction of sp³-hybridized carbons (Fsp3) is 0.286. The monoisotopic (exact) mass is 275 g/mol. The smallest absolute Gasteiger partial charge is 0.251 e. The zero-order valence-corrected chi connectivity index (χ0v) is 11.7. The Bertz CT molecular complexity index is 525. The molecule has 0 aliphatic heterocycles. The molecule has 0 fully saturated rings. The molecule has 1 heterocycles. The highest BCUT2D eigenvalue weighted by Gasteiger charge is 2.05. The lowest BCUT2D eigenvalue weighted by atomic mass is 10.2. The number of nitrogens with one attached hydrogen (secondary N) is 2. The molecule has 2 N–H and O–H groups in total. The predicted octanol–water partition coefficient (Wildman–Crippen LogP) is 2.90. The number of rotatable bonds is 6. The van der Waals surface area contributed by atoms with Crippen molar-refractivity contribution in [3.8, 4) is 0 Å². The molecule has 19 heavy (non-hydrogen) atoms. The first-order valence-electron chi connectivity index (χ1n) is 6.29. The third-order valence-corrected chi connectivity index (χ3v) is 3.25. The highest BCUT2D eigenvalue weighted by atomic mass is 32.1. The Balaban J connectivity index is 1.96. The van der Waals surface area contributed by atoms with Crippen LogP contribution in [0.1, 0.15) is 29.4 Å². The minimum atomic E-state index is -0.0286. The largest absolute Gasteiger partial charge is 0.379 e. The molecule has 0 radical (unpaired) electrons. The Morgan fingerprint density at radius 1 is 1.42 bits per heavy atom. The molecule has 0 atom stereocenters. The number of carbonyl (C=O) groups excluding carboxylic acids is 1. The number of amides is 1. The fourth-order valence-electron chi connectivity index (χ4n) is 1.63. The average Bonchev–Trinajstić information content (AvgIpc) is 2.96. The van der Waals surface area contributed by atoms with Crippen molar-refractivity contribution in [2.45, 2.75) is 19.9 Å². The highest BCUT2D eigenvalue weighted by molar-refractivity contribution is 7.07. The van der Waals surface area contributed by atoms with Gasteiger partial charge in [0.2, 0.25) is 0 Å². The molecule has 0 saturated carbocycles. The van der Waals surface area contributed by atoms with Crippen LogP contribution in [0.15, 0.2) is 35.2 Å². The number of hydrogen-bond donors (Lipinski definition) is 2. The van der Waals surface area contributed by atoms with Crippen molar-refractivity contribution in [1.29, 1.82) is 0 Å². The Kier molecular flexibility index (Phi) is 4.92. The van der Waals surface area contributed by atoms with Crippen molar-refractivity contribution in [1.82, 2.24) is 10.3 Å². The average molecular weight is 275 g/mol. The van der Waals surface area contributed by atoms with Crippen LogP contribution in [0.4, 0.5) is 5.69 Å². The van der Waals surface area contributed by atoms with Gasteiger partial charge in [-0.05, 0) is 24.6 Å². The van der Waals surface area contributed by atoms with Crippen molar-refractivity contribution in [2.75, 3.05) is 11.9 Å². The second-order valence-electron chi connectivity index (χ2n) is 4.17. The summed E-state index contributed by atoms with van der Waals surface area (Å²) in [5, 5.41) is 8.14. The van der Waals surface area contributed by atoms with E-state index in [4.69, 9.17) is 0 Å². The summed E-state index contributed by atoms with van der Waals surface area (Å²) in [5.41, 5.74) is 4.42. The molecule has 2 rings (SSSR count). The number of aromatic nitrogens is 1. The molecule has 0 unspecified atom stereocenters. The van der Waals surface area contributed by atoms with Crippen molar-refractivity contribution in [3.63, 3.8) is 0 Å².